The summed E-state index contributed by atoms with van der Waals surface area (Å²) in [7, 11) is 4.44. The number of carbonyl (C=O) groups excluding carboxylic acids is 2. The third-order valence-electron chi connectivity index (χ3n) is 4.43. The number of nitrogens with zero attached hydrogens (tertiary/aromatic N) is 2. The Morgan fingerprint density at radius 1 is 1.19 bits per heavy atom. The number of anilines is 1. The summed E-state index contributed by atoms with van der Waals surface area (Å²) in [6.07, 6.45) is 2.11. The minimum atomic E-state index is -0.402. The monoisotopic (exact) mass is 468 g/mol. The summed E-state index contributed by atoms with van der Waals surface area (Å²) in [5.41, 5.74) is 0.312. The van der Waals surface area contributed by atoms with Gasteiger partial charge in [0.15, 0.2) is 15.8 Å². The van der Waals surface area contributed by atoms with Crippen LogP contribution in [0.2, 0.25) is 0 Å². The molecule has 12 heteroatoms. The lowest BCUT2D eigenvalue weighted by Gasteiger charge is -2.13. The largest absolute Gasteiger partial charge is 0.493 e. The van der Waals surface area contributed by atoms with Crippen molar-refractivity contribution in [3.63, 3.8) is 0 Å². The number of amides is 2. The zero-order chi connectivity index (χ0) is 22.2. The molecule has 0 saturated carbocycles. The lowest BCUT2D eigenvalue weighted by Crippen LogP contribution is -2.32. The van der Waals surface area contributed by atoms with Crippen molar-refractivity contribution in [3.8, 4) is 17.2 Å². The standard InChI is InChI=1S/C19H24N4O6S2/c1-26-13-7-11(8-14(27-2)16(13)28-3)17(25)21-18-22-23-19(31-18)30-10-15(24)20-9-12-5-4-6-29-12/h7-8,12H,4-6,9-10H2,1-3H3,(H,20,24)(H,21,22,25)/t12-/m1/s1. The number of methoxy groups -OCH3 is 3. The average Bonchev–Trinajstić information content (AvgIpc) is 3.47. The third-order valence-corrected chi connectivity index (χ3v) is 6.40. The molecule has 0 aliphatic carbocycles. The predicted octanol–water partition coefficient (Wildman–Crippen LogP) is 2.20. The smallest absolute Gasteiger partial charge is 0.257 e. The zero-order valence-corrected chi connectivity index (χ0v) is 19.1. The van der Waals surface area contributed by atoms with Crippen molar-refractivity contribution >= 4 is 40.0 Å². The molecule has 1 aliphatic rings. The summed E-state index contributed by atoms with van der Waals surface area (Å²) < 4.78 is 21.9. The summed E-state index contributed by atoms with van der Waals surface area (Å²) in [4.78, 5) is 24.6. The second-order valence-corrected chi connectivity index (χ2v) is 8.67. The lowest BCUT2D eigenvalue weighted by atomic mass is 10.1. The number of benzene rings is 1. The van der Waals surface area contributed by atoms with Gasteiger partial charge in [-0.15, -0.1) is 10.2 Å². The molecule has 0 unspecified atom stereocenters. The van der Waals surface area contributed by atoms with Gasteiger partial charge in [0, 0.05) is 18.7 Å². The Labute approximate surface area is 188 Å². The summed E-state index contributed by atoms with van der Waals surface area (Å²) >= 11 is 2.44. The predicted molar refractivity (Wildman–Crippen MR) is 117 cm³/mol. The van der Waals surface area contributed by atoms with Crippen molar-refractivity contribution in [3.05, 3.63) is 17.7 Å². The van der Waals surface area contributed by atoms with E-state index in [0.717, 1.165) is 19.4 Å². The maximum absolute atomic E-state index is 12.6. The second-order valence-electron chi connectivity index (χ2n) is 6.47. The van der Waals surface area contributed by atoms with Crippen molar-refractivity contribution in [2.24, 2.45) is 0 Å². The normalized spacial score (nSPS) is 15.4. The number of carbonyl (C=O) groups is 2. The van der Waals surface area contributed by atoms with Crippen LogP contribution in [0.25, 0.3) is 0 Å². The van der Waals surface area contributed by atoms with Crippen LogP contribution in [-0.4, -0.2) is 68.3 Å². The first kappa shape index (κ1) is 23.1. The highest BCUT2D eigenvalue weighted by Crippen LogP contribution is 2.38. The van der Waals surface area contributed by atoms with E-state index in [4.69, 9.17) is 18.9 Å². The molecular formula is C19H24N4O6S2. The SMILES string of the molecule is COc1cc(C(=O)Nc2nnc(SCC(=O)NC[C@H]3CCCO3)s2)cc(OC)c1OC. The Morgan fingerprint density at radius 3 is 2.55 bits per heavy atom. The van der Waals surface area contributed by atoms with Crippen LogP contribution >= 0.6 is 23.1 Å². The van der Waals surface area contributed by atoms with Crippen LogP contribution in [0.3, 0.4) is 0 Å². The number of thioether (sulfide) groups is 1. The van der Waals surface area contributed by atoms with Gasteiger partial charge in [-0.25, -0.2) is 0 Å². The first-order chi connectivity index (χ1) is 15.0. The van der Waals surface area contributed by atoms with Crippen molar-refractivity contribution in [1.29, 1.82) is 0 Å². The third kappa shape index (κ3) is 6.21. The second kappa shape index (κ2) is 11.2. The number of ether oxygens (including phenoxy) is 4. The first-order valence-electron chi connectivity index (χ1n) is 9.50. The molecule has 0 radical (unpaired) electrons. The van der Waals surface area contributed by atoms with E-state index in [9.17, 15) is 9.59 Å². The minimum Gasteiger partial charge on any atom is -0.493 e. The van der Waals surface area contributed by atoms with E-state index in [1.165, 1.54) is 44.4 Å². The Kier molecular flexibility index (Phi) is 8.32. The van der Waals surface area contributed by atoms with E-state index in [1.54, 1.807) is 12.1 Å². The van der Waals surface area contributed by atoms with Gasteiger partial charge in [0.25, 0.3) is 5.91 Å². The van der Waals surface area contributed by atoms with Crippen LogP contribution in [0.4, 0.5) is 5.13 Å². The molecule has 2 heterocycles. The molecule has 1 fully saturated rings. The maximum atomic E-state index is 12.6. The van der Waals surface area contributed by atoms with Crippen LogP contribution in [0.1, 0.15) is 23.2 Å². The number of hydrogen-bond acceptors (Lipinski definition) is 10. The quantitative estimate of drug-likeness (QED) is 0.399. The fourth-order valence-electron chi connectivity index (χ4n) is 2.91. The molecule has 1 saturated heterocycles. The summed E-state index contributed by atoms with van der Waals surface area (Å²) in [6.45, 7) is 1.27. The molecule has 0 bridgehead atoms. The number of aromatic nitrogens is 2. The van der Waals surface area contributed by atoms with Gasteiger partial charge >= 0.3 is 0 Å². The molecule has 1 atom stereocenters. The zero-order valence-electron chi connectivity index (χ0n) is 17.4. The summed E-state index contributed by atoms with van der Waals surface area (Å²) in [5.74, 6) is 0.847. The molecule has 1 aromatic heterocycles. The number of rotatable bonds is 10. The van der Waals surface area contributed by atoms with Crippen molar-refractivity contribution in [2.45, 2.75) is 23.3 Å². The van der Waals surface area contributed by atoms with Crippen LogP contribution in [0.15, 0.2) is 16.5 Å². The van der Waals surface area contributed by atoms with Gasteiger partial charge in [0.05, 0.1) is 33.2 Å². The van der Waals surface area contributed by atoms with E-state index in [-0.39, 0.29) is 17.8 Å². The molecule has 10 nitrogen and oxygen atoms in total. The average molecular weight is 469 g/mol. The highest BCUT2D eigenvalue weighted by atomic mass is 32.2. The number of hydrogen-bond donors (Lipinski definition) is 2. The van der Waals surface area contributed by atoms with Gasteiger partial charge in [-0.05, 0) is 25.0 Å². The van der Waals surface area contributed by atoms with Crippen LogP contribution < -0.4 is 24.8 Å². The van der Waals surface area contributed by atoms with Crippen LogP contribution in [0, 0.1) is 0 Å². The van der Waals surface area contributed by atoms with Gasteiger partial charge < -0.3 is 24.3 Å². The lowest BCUT2D eigenvalue weighted by molar-refractivity contribution is -0.119. The van der Waals surface area contributed by atoms with E-state index in [1.807, 2.05) is 0 Å². The minimum absolute atomic E-state index is 0.0984. The van der Waals surface area contributed by atoms with Crippen molar-refractivity contribution < 1.29 is 28.5 Å². The van der Waals surface area contributed by atoms with Crippen LogP contribution in [-0.2, 0) is 9.53 Å². The van der Waals surface area contributed by atoms with Crippen LogP contribution in [0.5, 0.6) is 17.2 Å². The maximum Gasteiger partial charge on any atom is 0.257 e. The highest BCUT2D eigenvalue weighted by molar-refractivity contribution is 8.01. The Morgan fingerprint density at radius 2 is 1.94 bits per heavy atom. The Bertz CT molecular complexity index is 892. The van der Waals surface area contributed by atoms with Gasteiger partial charge in [-0.1, -0.05) is 23.1 Å². The van der Waals surface area contributed by atoms with E-state index >= 15 is 0 Å². The Hall–Kier alpha value is -2.57. The van der Waals surface area contributed by atoms with Gasteiger partial charge in [0.2, 0.25) is 16.8 Å². The summed E-state index contributed by atoms with van der Waals surface area (Å²) in [5, 5.41) is 13.8. The molecule has 168 valence electrons. The first-order valence-corrected chi connectivity index (χ1v) is 11.3. The molecular weight excluding hydrogens is 444 g/mol. The van der Waals surface area contributed by atoms with E-state index < -0.39 is 5.91 Å². The van der Waals surface area contributed by atoms with Crippen molar-refractivity contribution in [2.75, 3.05) is 45.6 Å². The van der Waals surface area contributed by atoms with Crippen molar-refractivity contribution in [1.82, 2.24) is 15.5 Å². The molecule has 1 aliphatic heterocycles. The van der Waals surface area contributed by atoms with Gasteiger partial charge in [-0.3, -0.25) is 14.9 Å². The fourth-order valence-corrected chi connectivity index (χ4v) is 4.49. The highest BCUT2D eigenvalue weighted by Gasteiger charge is 2.19. The van der Waals surface area contributed by atoms with Gasteiger partial charge in [-0.2, -0.15) is 0 Å². The fraction of sp³-hybridized carbons (Fsp3) is 0.474. The number of nitrogens with one attached hydrogen (secondary N) is 2. The van der Waals surface area contributed by atoms with Gasteiger partial charge in [0.1, 0.15) is 0 Å². The topological polar surface area (TPSA) is 121 Å². The summed E-state index contributed by atoms with van der Waals surface area (Å²) in [6, 6.07) is 3.09. The molecule has 2 amide bonds. The Balaban J connectivity index is 1.54. The van der Waals surface area contributed by atoms with E-state index in [2.05, 4.69) is 20.8 Å². The van der Waals surface area contributed by atoms with E-state index in [0.29, 0.717) is 38.8 Å². The molecule has 31 heavy (non-hydrogen) atoms. The molecule has 3 rings (SSSR count). The molecule has 0 spiro atoms. The molecule has 1 aromatic carbocycles. The molecule has 2 aromatic rings. The molecule has 2 N–H and O–H groups in total.